The number of benzene rings is 2. The minimum Gasteiger partial charge on any atom is -0.497 e. The van der Waals surface area contributed by atoms with Crippen molar-refractivity contribution in [3.05, 3.63) is 70.0 Å². The minimum atomic E-state index is -4.88. The molecule has 11 heteroatoms. The molecular formula is C35H37F3N4O4. The molecule has 0 atom stereocenters. The first-order valence-electron chi connectivity index (χ1n) is 15.5. The molecule has 6 rings (SSSR count). The van der Waals surface area contributed by atoms with E-state index in [2.05, 4.69) is 15.0 Å². The van der Waals surface area contributed by atoms with Crippen molar-refractivity contribution in [2.45, 2.75) is 70.6 Å². The third-order valence-electron chi connectivity index (χ3n) is 8.98. The second-order valence-electron chi connectivity index (χ2n) is 12.4. The van der Waals surface area contributed by atoms with E-state index in [1.165, 1.54) is 19.0 Å². The highest BCUT2D eigenvalue weighted by Crippen LogP contribution is 2.48. The number of amides is 1. The summed E-state index contributed by atoms with van der Waals surface area (Å²) in [5.41, 5.74) is 3.51. The number of hydrogen-bond acceptors (Lipinski definition) is 5. The maximum atomic E-state index is 14.2. The number of ether oxygens (including phenoxy) is 2. The molecule has 0 radical (unpaired) electrons. The van der Waals surface area contributed by atoms with Crippen LogP contribution in [0.15, 0.2) is 36.4 Å². The second kappa shape index (κ2) is 12.0. The average molecular weight is 635 g/mol. The van der Waals surface area contributed by atoms with Gasteiger partial charge in [-0.3, -0.25) is 9.48 Å². The quantitative estimate of drug-likeness (QED) is 0.221. The monoisotopic (exact) mass is 634 g/mol. The zero-order chi connectivity index (χ0) is 32.9. The lowest BCUT2D eigenvalue weighted by Crippen LogP contribution is -2.30. The van der Waals surface area contributed by atoms with Crippen molar-refractivity contribution in [1.82, 2.24) is 19.7 Å². The molecule has 0 saturated heterocycles. The molecule has 242 valence electrons. The maximum Gasteiger partial charge on any atom is 0.436 e. The smallest absolute Gasteiger partial charge is 0.436 e. The van der Waals surface area contributed by atoms with Gasteiger partial charge in [0.15, 0.2) is 5.69 Å². The Morgan fingerprint density at radius 2 is 1.76 bits per heavy atom. The van der Waals surface area contributed by atoms with E-state index in [9.17, 15) is 22.8 Å². The number of esters is 1. The number of rotatable bonds is 6. The van der Waals surface area contributed by atoms with E-state index < -0.39 is 23.4 Å². The van der Waals surface area contributed by atoms with Gasteiger partial charge in [0.25, 0.3) is 5.91 Å². The van der Waals surface area contributed by atoms with Crippen molar-refractivity contribution in [2.24, 2.45) is 7.05 Å². The van der Waals surface area contributed by atoms with Gasteiger partial charge in [-0.1, -0.05) is 25.3 Å². The van der Waals surface area contributed by atoms with Crippen molar-refractivity contribution in [3.8, 4) is 17.0 Å². The molecule has 46 heavy (non-hydrogen) atoms. The summed E-state index contributed by atoms with van der Waals surface area (Å²) in [7, 11) is 4.01. The average Bonchev–Trinajstić information content (AvgIpc) is 3.49. The predicted molar refractivity (Wildman–Crippen MR) is 170 cm³/mol. The van der Waals surface area contributed by atoms with Crippen LogP contribution in [0.2, 0.25) is 0 Å². The number of alkyl halides is 3. The third-order valence-corrected chi connectivity index (χ3v) is 8.98. The van der Waals surface area contributed by atoms with Crippen LogP contribution in [-0.4, -0.2) is 46.5 Å². The first-order chi connectivity index (χ1) is 21.9. The summed E-state index contributed by atoms with van der Waals surface area (Å²) >= 11 is 0. The van der Waals surface area contributed by atoms with E-state index in [0.29, 0.717) is 16.9 Å². The Balaban J connectivity index is 1.68. The lowest BCUT2D eigenvalue weighted by atomic mass is 9.81. The van der Waals surface area contributed by atoms with Crippen LogP contribution in [0.25, 0.3) is 33.8 Å². The number of carbonyl (C=O) groups excluding carboxylic acids is 2. The molecule has 0 spiro atoms. The summed E-state index contributed by atoms with van der Waals surface area (Å²) in [5.74, 6) is -0.492. The molecule has 0 bridgehead atoms. The van der Waals surface area contributed by atoms with Gasteiger partial charge in [0, 0.05) is 35.1 Å². The molecular weight excluding hydrogens is 597 g/mol. The molecule has 1 aliphatic carbocycles. The van der Waals surface area contributed by atoms with Gasteiger partial charge < -0.3 is 19.4 Å². The number of nitrogens with one attached hydrogen (secondary N) is 1. The summed E-state index contributed by atoms with van der Waals surface area (Å²) in [5, 5.41) is 7.73. The highest BCUT2D eigenvalue weighted by atomic mass is 19.4. The fourth-order valence-corrected chi connectivity index (χ4v) is 7.06. The van der Waals surface area contributed by atoms with Gasteiger partial charge in [0.1, 0.15) is 11.3 Å². The van der Waals surface area contributed by atoms with Gasteiger partial charge in [-0.15, -0.1) is 0 Å². The van der Waals surface area contributed by atoms with Crippen LogP contribution < -0.4 is 10.1 Å². The number of aromatic nitrogens is 3. The summed E-state index contributed by atoms with van der Waals surface area (Å²) in [6.07, 6.45) is 2.31. The first-order valence-corrected chi connectivity index (χ1v) is 15.5. The van der Waals surface area contributed by atoms with Crippen LogP contribution in [0.1, 0.15) is 95.1 Å². The van der Waals surface area contributed by atoms with E-state index in [0.717, 1.165) is 65.2 Å². The molecule has 2 aliphatic rings. The van der Waals surface area contributed by atoms with Crippen molar-refractivity contribution < 1.29 is 32.2 Å². The minimum absolute atomic E-state index is 0.00978. The summed E-state index contributed by atoms with van der Waals surface area (Å²) in [6, 6.07) is 11.3. The molecule has 1 saturated carbocycles. The van der Waals surface area contributed by atoms with Crippen molar-refractivity contribution in [3.63, 3.8) is 0 Å². The number of carbonyl (C=O) groups is 2. The number of aryl methyl sites for hydroxylation is 1. The zero-order valence-electron chi connectivity index (χ0n) is 26.5. The van der Waals surface area contributed by atoms with Crippen LogP contribution >= 0.6 is 0 Å². The molecule has 1 fully saturated rings. The SMILES string of the molecule is COC(=O)c1c(C(F)(F)F)nn(C)c1C1=Cc2cc(OC)ccc2-c2c(C3CCCCC3)c3ccc(C(=O)NC(C)C)cc3n2C1. The van der Waals surface area contributed by atoms with Crippen LogP contribution in [-0.2, 0) is 24.5 Å². The first kappa shape index (κ1) is 31.4. The molecule has 1 N–H and O–H groups in total. The van der Waals surface area contributed by atoms with Gasteiger partial charge in [0.2, 0.25) is 0 Å². The number of fused-ring (bicyclic) bond motifs is 5. The van der Waals surface area contributed by atoms with Crippen LogP contribution in [0.5, 0.6) is 5.75 Å². The number of nitrogens with zero attached hydrogens (tertiary/aromatic N) is 3. The zero-order valence-corrected chi connectivity index (χ0v) is 26.5. The van der Waals surface area contributed by atoms with Crippen LogP contribution in [0.3, 0.4) is 0 Å². The standard InChI is InChI=1S/C35H37F3N4O4/c1-19(2)39-33(43)21-11-13-26-27(17-21)42-18-23(30-29(34(44)46-5)32(35(36,37)38)40-41(30)3)15-22-16-24(45-4)12-14-25(22)31(42)28(26)20-9-7-6-8-10-20/h11-17,19-20H,6-10,18H2,1-5H3,(H,39,43). The second-order valence-corrected chi connectivity index (χ2v) is 12.4. The van der Waals surface area contributed by atoms with Crippen molar-refractivity contribution in [1.29, 1.82) is 0 Å². The topological polar surface area (TPSA) is 87.4 Å². The van der Waals surface area contributed by atoms with Gasteiger partial charge in [-0.2, -0.15) is 18.3 Å². The number of hydrogen-bond donors (Lipinski definition) is 1. The summed E-state index contributed by atoms with van der Waals surface area (Å²) in [6.45, 7) is 3.90. The largest absolute Gasteiger partial charge is 0.497 e. The molecule has 2 aromatic heterocycles. The van der Waals surface area contributed by atoms with Gasteiger partial charge in [-0.05, 0) is 85.7 Å². The molecule has 1 aliphatic heterocycles. The molecule has 1 amide bonds. The van der Waals surface area contributed by atoms with E-state index in [1.807, 2.05) is 50.2 Å². The lowest BCUT2D eigenvalue weighted by Gasteiger charge is -2.24. The van der Waals surface area contributed by atoms with E-state index >= 15 is 0 Å². The van der Waals surface area contributed by atoms with Crippen LogP contribution in [0, 0.1) is 0 Å². The Morgan fingerprint density at radius 3 is 2.41 bits per heavy atom. The van der Waals surface area contributed by atoms with E-state index in [4.69, 9.17) is 9.47 Å². The Morgan fingerprint density at radius 1 is 1.02 bits per heavy atom. The Hall–Kier alpha value is -4.54. The lowest BCUT2D eigenvalue weighted by molar-refractivity contribution is -0.142. The summed E-state index contributed by atoms with van der Waals surface area (Å²) < 4.78 is 56.3. The number of halogens is 3. The molecule has 2 aromatic carbocycles. The normalized spacial score (nSPS) is 15.3. The number of allylic oxidation sites excluding steroid dienone is 1. The van der Waals surface area contributed by atoms with E-state index in [1.54, 1.807) is 13.2 Å². The highest BCUT2D eigenvalue weighted by Gasteiger charge is 2.43. The maximum absolute atomic E-state index is 14.2. The molecule has 3 heterocycles. The van der Waals surface area contributed by atoms with Gasteiger partial charge in [-0.25, -0.2) is 4.79 Å². The molecule has 4 aromatic rings. The van der Waals surface area contributed by atoms with Gasteiger partial charge in [0.05, 0.1) is 32.2 Å². The molecule has 0 unspecified atom stereocenters. The predicted octanol–water partition coefficient (Wildman–Crippen LogP) is 7.60. The van der Waals surface area contributed by atoms with Crippen molar-refractivity contribution >= 4 is 34.4 Å². The van der Waals surface area contributed by atoms with Crippen LogP contribution in [0.4, 0.5) is 13.2 Å². The van der Waals surface area contributed by atoms with Crippen molar-refractivity contribution in [2.75, 3.05) is 14.2 Å². The Kier molecular flexibility index (Phi) is 8.20. The Labute approximate surface area is 265 Å². The number of methoxy groups -OCH3 is 2. The van der Waals surface area contributed by atoms with Gasteiger partial charge >= 0.3 is 12.1 Å². The fourth-order valence-electron chi connectivity index (χ4n) is 7.06. The Bertz CT molecular complexity index is 1880. The molecule has 8 nitrogen and oxygen atoms in total. The summed E-state index contributed by atoms with van der Waals surface area (Å²) in [4.78, 5) is 26.2. The fraction of sp³-hybridized carbons (Fsp3) is 0.400. The van der Waals surface area contributed by atoms with E-state index in [-0.39, 0.29) is 30.1 Å². The third kappa shape index (κ3) is 5.45. The highest BCUT2D eigenvalue weighted by molar-refractivity contribution is 6.04.